The first-order valence-electron chi connectivity index (χ1n) is 9.23. The number of benzene rings is 2. The number of methoxy groups -OCH3 is 1. The Bertz CT molecular complexity index is 973. The van der Waals surface area contributed by atoms with Crippen LogP contribution >= 0.6 is 11.6 Å². The molecular weight excluding hydrogens is 434 g/mol. The molecule has 2 aromatic carbocycles. The number of carbonyl (C=O) groups is 1. The van der Waals surface area contributed by atoms with Crippen molar-refractivity contribution in [3.05, 3.63) is 53.1 Å². The first-order chi connectivity index (χ1) is 14.4. The SMILES string of the molecule is COc1ccc(OCCOC(=O)c2ccc(Cl)c(S(=O)(=O)N3CCOCC3)c2)cc1. The molecule has 0 N–H and O–H groups in total. The van der Waals surface area contributed by atoms with Crippen LogP contribution in [0.5, 0.6) is 11.5 Å². The van der Waals surface area contributed by atoms with Gasteiger partial charge in [0.05, 0.1) is 30.9 Å². The van der Waals surface area contributed by atoms with Gasteiger partial charge in [-0.3, -0.25) is 0 Å². The number of hydrogen-bond donors (Lipinski definition) is 0. The lowest BCUT2D eigenvalue weighted by Gasteiger charge is -2.26. The van der Waals surface area contributed by atoms with E-state index in [0.717, 1.165) is 0 Å². The first kappa shape index (κ1) is 22.4. The Morgan fingerprint density at radius 1 is 1.07 bits per heavy atom. The van der Waals surface area contributed by atoms with E-state index in [-0.39, 0.29) is 41.8 Å². The van der Waals surface area contributed by atoms with Crippen molar-refractivity contribution in [3.8, 4) is 11.5 Å². The predicted octanol–water partition coefficient (Wildman–Crippen LogP) is 2.61. The Hall–Kier alpha value is -2.33. The Morgan fingerprint density at radius 2 is 1.73 bits per heavy atom. The Labute approximate surface area is 180 Å². The molecule has 0 aliphatic carbocycles. The van der Waals surface area contributed by atoms with E-state index in [1.807, 2.05) is 0 Å². The summed E-state index contributed by atoms with van der Waals surface area (Å²) in [6.45, 7) is 1.23. The second-order valence-electron chi connectivity index (χ2n) is 6.32. The molecule has 0 unspecified atom stereocenters. The van der Waals surface area contributed by atoms with Gasteiger partial charge in [-0.25, -0.2) is 13.2 Å². The average Bonchev–Trinajstić information content (AvgIpc) is 2.77. The summed E-state index contributed by atoms with van der Waals surface area (Å²) in [5.41, 5.74) is 0.0932. The third-order valence-electron chi connectivity index (χ3n) is 4.40. The van der Waals surface area contributed by atoms with E-state index in [1.165, 1.54) is 22.5 Å². The van der Waals surface area contributed by atoms with E-state index in [4.69, 9.17) is 30.5 Å². The van der Waals surface area contributed by atoms with E-state index in [1.54, 1.807) is 31.4 Å². The van der Waals surface area contributed by atoms with Crippen molar-refractivity contribution in [2.75, 3.05) is 46.6 Å². The van der Waals surface area contributed by atoms with E-state index >= 15 is 0 Å². The summed E-state index contributed by atoms with van der Waals surface area (Å²) in [5.74, 6) is 0.653. The number of morpholine rings is 1. The lowest BCUT2D eigenvalue weighted by atomic mass is 10.2. The van der Waals surface area contributed by atoms with Gasteiger partial charge in [0.15, 0.2) is 0 Å². The summed E-state index contributed by atoms with van der Waals surface area (Å²) in [5, 5.41) is 0.0425. The van der Waals surface area contributed by atoms with Crippen LogP contribution in [0.4, 0.5) is 0 Å². The molecule has 1 aliphatic heterocycles. The topological polar surface area (TPSA) is 91.4 Å². The molecule has 1 saturated heterocycles. The molecule has 0 spiro atoms. The quantitative estimate of drug-likeness (QED) is 0.446. The molecule has 8 nitrogen and oxygen atoms in total. The fourth-order valence-corrected chi connectivity index (χ4v) is 4.71. The second kappa shape index (κ2) is 10.1. The largest absolute Gasteiger partial charge is 0.497 e. The molecule has 1 heterocycles. The van der Waals surface area contributed by atoms with Crippen molar-refractivity contribution in [2.45, 2.75) is 4.90 Å². The van der Waals surface area contributed by atoms with Gasteiger partial charge in [-0.1, -0.05) is 11.6 Å². The fourth-order valence-electron chi connectivity index (χ4n) is 2.80. The predicted molar refractivity (Wildman–Crippen MR) is 110 cm³/mol. The van der Waals surface area contributed by atoms with Gasteiger partial charge in [-0.15, -0.1) is 0 Å². The monoisotopic (exact) mass is 455 g/mol. The second-order valence-corrected chi connectivity index (χ2v) is 8.64. The third-order valence-corrected chi connectivity index (χ3v) is 6.78. The minimum atomic E-state index is -3.84. The highest BCUT2D eigenvalue weighted by Gasteiger charge is 2.29. The van der Waals surface area contributed by atoms with Crippen LogP contribution < -0.4 is 9.47 Å². The number of rotatable bonds is 8. The zero-order valence-electron chi connectivity index (χ0n) is 16.4. The van der Waals surface area contributed by atoms with Gasteiger partial charge in [0, 0.05) is 13.1 Å². The first-order valence-corrected chi connectivity index (χ1v) is 11.0. The molecule has 0 aromatic heterocycles. The van der Waals surface area contributed by atoms with Gasteiger partial charge < -0.3 is 18.9 Å². The maximum absolute atomic E-state index is 12.9. The van der Waals surface area contributed by atoms with Crippen molar-refractivity contribution in [3.63, 3.8) is 0 Å². The number of carbonyl (C=O) groups excluding carboxylic acids is 1. The molecule has 0 radical (unpaired) electrons. The molecule has 2 aromatic rings. The summed E-state index contributed by atoms with van der Waals surface area (Å²) in [6, 6.07) is 11.0. The lowest BCUT2D eigenvalue weighted by molar-refractivity contribution is 0.0450. The number of sulfonamides is 1. The van der Waals surface area contributed by atoms with Crippen molar-refractivity contribution >= 4 is 27.6 Å². The molecule has 0 bridgehead atoms. The molecule has 0 atom stereocenters. The van der Waals surface area contributed by atoms with Crippen molar-refractivity contribution in [2.24, 2.45) is 0 Å². The van der Waals surface area contributed by atoms with Gasteiger partial charge in [-0.05, 0) is 42.5 Å². The lowest BCUT2D eigenvalue weighted by Crippen LogP contribution is -2.40. The molecule has 3 rings (SSSR count). The molecular formula is C20H22ClNO7S. The summed E-state index contributed by atoms with van der Waals surface area (Å²) < 4.78 is 47.9. The number of hydrogen-bond acceptors (Lipinski definition) is 7. The summed E-state index contributed by atoms with van der Waals surface area (Å²) in [4.78, 5) is 12.2. The maximum atomic E-state index is 12.9. The van der Waals surface area contributed by atoms with Crippen LogP contribution in [0.15, 0.2) is 47.4 Å². The summed E-state index contributed by atoms with van der Waals surface area (Å²) in [6.07, 6.45) is 0. The molecule has 10 heteroatoms. The highest BCUT2D eigenvalue weighted by atomic mass is 35.5. The number of halogens is 1. The van der Waals surface area contributed by atoms with Crippen LogP contribution in [0.3, 0.4) is 0 Å². The normalized spacial score (nSPS) is 14.9. The molecule has 30 heavy (non-hydrogen) atoms. The van der Waals surface area contributed by atoms with Gasteiger partial charge >= 0.3 is 5.97 Å². The van der Waals surface area contributed by atoms with E-state index in [9.17, 15) is 13.2 Å². The third kappa shape index (κ3) is 5.42. The number of esters is 1. The zero-order valence-corrected chi connectivity index (χ0v) is 17.9. The average molecular weight is 456 g/mol. The van der Waals surface area contributed by atoms with E-state index in [0.29, 0.717) is 24.7 Å². The van der Waals surface area contributed by atoms with Crippen LogP contribution in [0.1, 0.15) is 10.4 Å². The maximum Gasteiger partial charge on any atom is 0.338 e. The minimum Gasteiger partial charge on any atom is -0.497 e. The molecule has 1 aliphatic rings. The van der Waals surface area contributed by atoms with Crippen molar-refractivity contribution in [1.29, 1.82) is 0 Å². The van der Waals surface area contributed by atoms with Gasteiger partial charge in [0.2, 0.25) is 10.0 Å². The van der Waals surface area contributed by atoms with Crippen molar-refractivity contribution in [1.82, 2.24) is 4.31 Å². The highest BCUT2D eigenvalue weighted by molar-refractivity contribution is 7.89. The van der Waals surface area contributed by atoms with E-state index < -0.39 is 16.0 Å². The fraction of sp³-hybridized carbons (Fsp3) is 0.350. The molecule has 0 saturated carbocycles. The van der Waals surface area contributed by atoms with Crippen molar-refractivity contribution < 1.29 is 32.2 Å². The smallest absolute Gasteiger partial charge is 0.338 e. The Morgan fingerprint density at radius 3 is 2.40 bits per heavy atom. The van der Waals surface area contributed by atoms with Gasteiger partial charge in [0.1, 0.15) is 29.6 Å². The molecule has 0 amide bonds. The number of nitrogens with zero attached hydrogens (tertiary/aromatic N) is 1. The highest BCUT2D eigenvalue weighted by Crippen LogP contribution is 2.27. The van der Waals surface area contributed by atoms with E-state index in [2.05, 4.69) is 0 Å². The standard InChI is InChI=1S/C20H22ClNO7S/c1-26-16-3-5-17(6-4-16)28-12-13-29-20(23)15-2-7-18(21)19(14-15)30(24,25)22-8-10-27-11-9-22/h2-7,14H,8-13H2,1H3. The van der Waals surface area contributed by atoms with Crippen LogP contribution in [-0.2, 0) is 19.5 Å². The zero-order chi connectivity index (χ0) is 21.6. The Balaban J connectivity index is 1.60. The van der Waals surface area contributed by atoms with Gasteiger partial charge in [-0.2, -0.15) is 4.31 Å². The summed E-state index contributed by atoms with van der Waals surface area (Å²) in [7, 11) is -2.26. The molecule has 1 fully saturated rings. The number of ether oxygens (including phenoxy) is 4. The van der Waals surface area contributed by atoms with Crippen LogP contribution in [-0.4, -0.2) is 65.3 Å². The van der Waals surface area contributed by atoms with Crippen LogP contribution in [0.25, 0.3) is 0 Å². The van der Waals surface area contributed by atoms with Crippen LogP contribution in [0, 0.1) is 0 Å². The minimum absolute atomic E-state index is 0.000956. The summed E-state index contributed by atoms with van der Waals surface area (Å²) >= 11 is 6.10. The molecule has 162 valence electrons. The van der Waals surface area contributed by atoms with Crippen LogP contribution in [0.2, 0.25) is 5.02 Å². The van der Waals surface area contributed by atoms with Gasteiger partial charge in [0.25, 0.3) is 0 Å². The Kier molecular flexibility index (Phi) is 7.54.